The van der Waals surface area contributed by atoms with Gasteiger partial charge in [0.2, 0.25) is 21.8 Å². The number of rotatable bonds is 9. The summed E-state index contributed by atoms with van der Waals surface area (Å²) in [6.07, 6.45) is 1.03. The highest BCUT2D eigenvalue weighted by Crippen LogP contribution is 2.28. The van der Waals surface area contributed by atoms with Crippen LogP contribution >= 0.6 is 39.1 Å². The van der Waals surface area contributed by atoms with Crippen LogP contribution in [-0.4, -0.2) is 50.5 Å². The Kier molecular flexibility index (Phi) is 9.60. The summed E-state index contributed by atoms with van der Waals surface area (Å²) in [6, 6.07) is 9.04. The zero-order chi connectivity index (χ0) is 24.9. The fourth-order valence-electron chi connectivity index (χ4n) is 3.16. The smallest absolute Gasteiger partial charge is 0.244 e. The van der Waals surface area contributed by atoms with Gasteiger partial charge in [0.25, 0.3) is 0 Å². The largest absolute Gasteiger partial charge is 0.355 e. The van der Waals surface area contributed by atoms with Crippen LogP contribution in [0.1, 0.15) is 25.0 Å². The van der Waals surface area contributed by atoms with Crippen molar-refractivity contribution in [3.63, 3.8) is 0 Å². The van der Waals surface area contributed by atoms with Crippen LogP contribution in [-0.2, 0) is 26.2 Å². The number of likely N-dealkylation sites (N-methyl/N-ethyl adjacent to an activating group) is 1. The number of carbonyl (C=O) groups is 2. The molecule has 0 saturated carbocycles. The molecule has 2 amide bonds. The predicted octanol–water partition coefficient (Wildman–Crippen LogP) is 4.38. The van der Waals surface area contributed by atoms with E-state index in [9.17, 15) is 18.0 Å². The van der Waals surface area contributed by atoms with E-state index in [1.807, 2.05) is 6.92 Å². The van der Waals surface area contributed by atoms with Gasteiger partial charge in [0.15, 0.2) is 0 Å². The third-order valence-electron chi connectivity index (χ3n) is 5.02. The maximum Gasteiger partial charge on any atom is 0.244 e. The van der Waals surface area contributed by atoms with Crippen LogP contribution in [0.2, 0.25) is 10.0 Å². The second-order valence-electron chi connectivity index (χ2n) is 7.50. The molecule has 11 heteroatoms. The van der Waals surface area contributed by atoms with Gasteiger partial charge in [-0.15, -0.1) is 0 Å². The Bertz CT molecular complexity index is 1120. The Labute approximate surface area is 213 Å². The molecule has 180 valence electrons. The van der Waals surface area contributed by atoms with E-state index in [2.05, 4.69) is 21.2 Å². The number of sulfonamides is 1. The van der Waals surface area contributed by atoms with Crippen LogP contribution in [0.15, 0.2) is 40.9 Å². The first-order valence-electron chi connectivity index (χ1n) is 10.1. The summed E-state index contributed by atoms with van der Waals surface area (Å²) in [5, 5.41) is 3.37. The number of hydrogen-bond acceptors (Lipinski definition) is 4. The Hall–Kier alpha value is -1.81. The van der Waals surface area contributed by atoms with Gasteiger partial charge in [-0.3, -0.25) is 13.9 Å². The summed E-state index contributed by atoms with van der Waals surface area (Å²) in [7, 11) is -3.80. The average molecular weight is 579 g/mol. The molecule has 0 aromatic heterocycles. The van der Waals surface area contributed by atoms with E-state index in [-0.39, 0.29) is 12.5 Å². The quantitative estimate of drug-likeness (QED) is 0.478. The molecule has 0 spiro atoms. The van der Waals surface area contributed by atoms with Crippen molar-refractivity contribution in [1.29, 1.82) is 0 Å². The van der Waals surface area contributed by atoms with E-state index >= 15 is 0 Å². The van der Waals surface area contributed by atoms with E-state index in [0.717, 1.165) is 20.6 Å². The highest BCUT2D eigenvalue weighted by atomic mass is 79.9. The van der Waals surface area contributed by atoms with E-state index in [0.29, 0.717) is 27.8 Å². The minimum Gasteiger partial charge on any atom is -0.355 e. The van der Waals surface area contributed by atoms with E-state index in [4.69, 9.17) is 23.2 Å². The highest BCUT2D eigenvalue weighted by Gasteiger charge is 2.30. The molecule has 1 atom stereocenters. The average Bonchev–Trinajstić information content (AvgIpc) is 2.72. The lowest BCUT2D eigenvalue weighted by Gasteiger charge is -2.32. The minimum atomic E-state index is -3.80. The highest BCUT2D eigenvalue weighted by molar-refractivity contribution is 9.10. The topological polar surface area (TPSA) is 86.8 Å². The Morgan fingerprint density at radius 2 is 1.76 bits per heavy atom. The van der Waals surface area contributed by atoms with Gasteiger partial charge in [-0.05, 0) is 56.7 Å². The Morgan fingerprint density at radius 1 is 1.15 bits per heavy atom. The summed E-state index contributed by atoms with van der Waals surface area (Å²) in [5.41, 5.74) is 1.62. The second-order valence-corrected chi connectivity index (χ2v) is 11.1. The van der Waals surface area contributed by atoms with E-state index in [1.165, 1.54) is 4.90 Å². The zero-order valence-corrected chi connectivity index (χ0v) is 22.6. The standard InChI is InChI=1S/C22H26BrCl2N3O4S/c1-5-26-22(30)15(3)27(12-17-19(24)7-6-8-20(17)25)21(29)13-28(33(4,31)32)16-9-10-18(23)14(2)11-16/h6-11,15H,5,12-13H2,1-4H3,(H,26,30). The molecule has 33 heavy (non-hydrogen) atoms. The maximum atomic E-state index is 13.4. The van der Waals surface area contributed by atoms with Gasteiger partial charge < -0.3 is 10.2 Å². The molecule has 1 N–H and O–H groups in total. The third-order valence-corrected chi connectivity index (χ3v) is 7.76. The molecule has 2 aromatic carbocycles. The number of benzene rings is 2. The van der Waals surface area contributed by atoms with Crippen LogP contribution in [0.5, 0.6) is 0 Å². The van der Waals surface area contributed by atoms with Gasteiger partial charge in [-0.25, -0.2) is 8.42 Å². The summed E-state index contributed by atoms with van der Waals surface area (Å²) in [5.74, 6) is -0.949. The first-order chi connectivity index (χ1) is 15.4. The summed E-state index contributed by atoms with van der Waals surface area (Å²) in [4.78, 5) is 27.3. The number of aryl methyl sites for hydroxylation is 1. The number of nitrogens with zero attached hydrogens (tertiary/aromatic N) is 2. The molecule has 0 bridgehead atoms. The number of hydrogen-bond donors (Lipinski definition) is 1. The fraction of sp³-hybridized carbons (Fsp3) is 0.364. The monoisotopic (exact) mass is 577 g/mol. The predicted molar refractivity (Wildman–Crippen MR) is 136 cm³/mol. The van der Waals surface area contributed by atoms with E-state index in [1.54, 1.807) is 50.2 Å². The van der Waals surface area contributed by atoms with Gasteiger partial charge in [-0.2, -0.15) is 0 Å². The maximum absolute atomic E-state index is 13.4. The van der Waals surface area contributed by atoms with E-state index < -0.39 is 28.5 Å². The lowest BCUT2D eigenvalue weighted by molar-refractivity contribution is -0.139. The molecule has 0 heterocycles. The molecule has 0 aliphatic heterocycles. The first kappa shape index (κ1) is 27.4. The normalized spacial score (nSPS) is 12.2. The number of amides is 2. The Morgan fingerprint density at radius 3 is 2.27 bits per heavy atom. The molecule has 1 unspecified atom stereocenters. The molecule has 7 nitrogen and oxygen atoms in total. The number of carbonyl (C=O) groups excluding carboxylic acids is 2. The van der Waals surface area contributed by atoms with Crippen molar-refractivity contribution in [3.05, 3.63) is 62.0 Å². The molecule has 2 aromatic rings. The lowest BCUT2D eigenvalue weighted by atomic mass is 10.1. The van der Waals surface area contributed by atoms with Crippen LogP contribution < -0.4 is 9.62 Å². The lowest BCUT2D eigenvalue weighted by Crippen LogP contribution is -2.51. The van der Waals surface area contributed by atoms with Crippen LogP contribution in [0.25, 0.3) is 0 Å². The van der Waals surface area contributed by atoms with Gasteiger partial charge in [0, 0.05) is 33.2 Å². The van der Waals surface area contributed by atoms with Crippen molar-refractivity contribution in [2.24, 2.45) is 0 Å². The van der Waals surface area contributed by atoms with Crippen molar-refractivity contribution in [2.45, 2.75) is 33.4 Å². The molecule has 0 saturated heterocycles. The molecular formula is C22H26BrCl2N3O4S. The Balaban J connectivity index is 2.46. The summed E-state index contributed by atoms with van der Waals surface area (Å²) in [6.45, 7) is 4.98. The second kappa shape index (κ2) is 11.6. The number of nitrogens with one attached hydrogen (secondary N) is 1. The van der Waals surface area contributed by atoms with Crippen molar-refractivity contribution in [2.75, 3.05) is 23.7 Å². The van der Waals surface area contributed by atoms with Gasteiger partial charge >= 0.3 is 0 Å². The zero-order valence-electron chi connectivity index (χ0n) is 18.7. The molecule has 2 rings (SSSR count). The third kappa shape index (κ3) is 7.09. The SMILES string of the molecule is CCNC(=O)C(C)N(Cc1c(Cl)cccc1Cl)C(=O)CN(c1ccc(Br)c(C)c1)S(C)(=O)=O. The summed E-state index contributed by atoms with van der Waals surface area (Å²) >= 11 is 16.0. The van der Waals surface area contributed by atoms with Crippen LogP contribution in [0.3, 0.4) is 0 Å². The van der Waals surface area contributed by atoms with Crippen LogP contribution in [0, 0.1) is 6.92 Å². The van der Waals surface area contributed by atoms with Gasteiger partial charge in [0.1, 0.15) is 12.6 Å². The molecule has 0 aliphatic rings. The van der Waals surface area contributed by atoms with Crippen molar-refractivity contribution in [3.8, 4) is 0 Å². The van der Waals surface area contributed by atoms with Crippen molar-refractivity contribution in [1.82, 2.24) is 10.2 Å². The molecule has 0 aliphatic carbocycles. The number of anilines is 1. The summed E-state index contributed by atoms with van der Waals surface area (Å²) < 4.78 is 27.0. The molecule has 0 radical (unpaired) electrons. The number of halogens is 3. The van der Waals surface area contributed by atoms with Gasteiger partial charge in [0.05, 0.1) is 11.9 Å². The van der Waals surface area contributed by atoms with Crippen LogP contribution in [0.4, 0.5) is 5.69 Å². The molecular weight excluding hydrogens is 553 g/mol. The van der Waals surface area contributed by atoms with Crippen molar-refractivity contribution < 1.29 is 18.0 Å². The molecule has 0 fully saturated rings. The first-order valence-corrected chi connectivity index (χ1v) is 13.5. The van der Waals surface area contributed by atoms with Crippen molar-refractivity contribution >= 4 is 66.7 Å². The fourth-order valence-corrected chi connectivity index (χ4v) is 4.76. The minimum absolute atomic E-state index is 0.0629. The van der Waals surface area contributed by atoms with Gasteiger partial charge in [-0.1, -0.05) is 45.2 Å².